The molecule has 5 atom stereocenters. The van der Waals surface area contributed by atoms with Crippen molar-refractivity contribution >= 4 is 16.9 Å². The highest BCUT2D eigenvalue weighted by Crippen LogP contribution is 2.49. The number of benzene rings is 1. The summed E-state index contributed by atoms with van der Waals surface area (Å²) >= 11 is 0. The van der Waals surface area contributed by atoms with Gasteiger partial charge in [-0.15, -0.1) is 0 Å². The number of hydrogen-bond donors (Lipinski definition) is 3. The number of aromatic amines is 1. The number of H-pyrrole nitrogens is 1. The second-order valence-electron chi connectivity index (χ2n) is 7.99. The molecule has 2 aliphatic heterocycles. The Morgan fingerprint density at radius 3 is 2.92 bits per heavy atom. The van der Waals surface area contributed by atoms with Gasteiger partial charge in [-0.3, -0.25) is 9.69 Å². The third kappa shape index (κ3) is 2.26. The van der Waals surface area contributed by atoms with E-state index in [-0.39, 0.29) is 12.0 Å². The molecule has 1 saturated carbocycles. The molecule has 0 spiro atoms. The molecule has 3 heterocycles. The smallest absolute Gasteiger partial charge is 0.309 e. The van der Waals surface area contributed by atoms with Crippen molar-refractivity contribution < 1.29 is 15.0 Å². The molecule has 5 nitrogen and oxygen atoms in total. The fourth-order valence-electron chi connectivity index (χ4n) is 5.68. The van der Waals surface area contributed by atoms with E-state index in [1.54, 1.807) is 0 Å². The van der Waals surface area contributed by atoms with Gasteiger partial charge in [0.1, 0.15) is 0 Å². The van der Waals surface area contributed by atoms with Crippen molar-refractivity contribution in [3.63, 3.8) is 0 Å². The Bertz CT molecular complexity index is 829. The van der Waals surface area contributed by atoms with Crippen LogP contribution in [0.2, 0.25) is 0 Å². The molecule has 25 heavy (non-hydrogen) atoms. The van der Waals surface area contributed by atoms with Crippen LogP contribution in [0.4, 0.5) is 0 Å². The quantitative estimate of drug-likeness (QED) is 0.746. The Morgan fingerprint density at radius 1 is 1.24 bits per heavy atom. The van der Waals surface area contributed by atoms with E-state index < -0.39 is 18.0 Å². The lowest BCUT2D eigenvalue weighted by molar-refractivity contribution is -0.156. The molecule has 3 aliphatic rings. The predicted octanol–water partition coefficient (Wildman–Crippen LogP) is 2.56. The highest BCUT2D eigenvalue weighted by atomic mass is 16.4. The minimum atomic E-state index is -0.830. The van der Waals surface area contributed by atoms with Crippen LogP contribution in [0.1, 0.15) is 36.6 Å². The third-order valence-corrected chi connectivity index (χ3v) is 6.83. The number of rotatable bonds is 1. The van der Waals surface area contributed by atoms with Gasteiger partial charge in [-0.05, 0) is 49.1 Å². The van der Waals surface area contributed by atoms with E-state index in [1.807, 2.05) is 0 Å². The highest BCUT2D eigenvalue weighted by Gasteiger charge is 2.49. The van der Waals surface area contributed by atoms with Crippen molar-refractivity contribution in [1.29, 1.82) is 0 Å². The molecule has 132 valence electrons. The first-order valence-electron chi connectivity index (χ1n) is 9.38. The molecule has 5 rings (SSSR count). The number of nitrogens with zero attached hydrogens (tertiary/aromatic N) is 1. The first-order valence-corrected chi connectivity index (χ1v) is 9.38. The number of aliphatic hydroxyl groups is 1. The summed E-state index contributed by atoms with van der Waals surface area (Å²) in [6.45, 7) is 2.00. The SMILES string of the molecule is O=C(O)[C@H]1C2CC3c4[nH]c5ccccc5c4CCN3CC2CC[C@H]1O. The van der Waals surface area contributed by atoms with E-state index in [9.17, 15) is 15.0 Å². The molecule has 3 unspecified atom stereocenters. The van der Waals surface area contributed by atoms with Gasteiger partial charge in [-0.1, -0.05) is 18.2 Å². The average Bonchev–Trinajstić information content (AvgIpc) is 2.99. The van der Waals surface area contributed by atoms with Crippen LogP contribution in [0.25, 0.3) is 10.9 Å². The number of carbonyl (C=O) groups is 1. The van der Waals surface area contributed by atoms with Crippen LogP contribution in [-0.4, -0.2) is 45.3 Å². The number of hydrogen-bond acceptors (Lipinski definition) is 3. The number of aliphatic hydroxyl groups excluding tert-OH is 1. The van der Waals surface area contributed by atoms with Crippen LogP contribution in [0.3, 0.4) is 0 Å². The summed E-state index contributed by atoms with van der Waals surface area (Å²) in [5.41, 5.74) is 3.85. The molecule has 5 heteroatoms. The summed E-state index contributed by atoms with van der Waals surface area (Å²) in [5.74, 6) is -0.981. The number of aromatic nitrogens is 1. The van der Waals surface area contributed by atoms with Gasteiger partial charge in [0.15, 0.2) is 0 Å². The molecule has 3 N–H and O–H groups in total. The molecular weight excluding hydrogens is 316 g/mol. The zero-order valence-corrected chi connectivity index (χ0v) is 14.2. The van der Waals surface area contributed by atoms with Crippen LogP contribution in [-0.2, 0) is 11.2 Å². The van der Waals surface area contributed by atoms with Crippen molar-refractivity contribution in [2.75, 3.05) is 13.1 Å². The number of nitrogens with one attached hydrogen (secondary N) is 1. The van der Waals surface area contributed by atoms with Gasteiger partial charge in [0.05, 0.1) is 18.1 Å². The summed E-state index contributed by atoms with van der Waals surface area (Å²) in [6.07, 6.45) is 2.75. The maximum absolute atomic E-state index is 11.8. The first kappa shape index (κ1) is 15.4. The van der Waals surface area contributed by atoms with Crippen molar-refractivity contribution in [2.45, 2.75) is 37.8 Å². The molecule has 1 aromatic heterocycles. The zero-order chi connectivity index (χ0) is 17.1. The van der Waals surface area contributed by atoms with Gasteiger partial charge >= 0.3 is 5.97 Å². The number of para-hydroxylation sites is 1. The van der Waals surface area contributed by atoms with Crippen molar-refractivity contribution in [3.8, 4) is 0 Å². The molecule has 0 bridgehead atoms. The fourth-order valence-corrected chi connectivity index (χ4v) is 5.68. The summed E-state index contributed by atoms with van der Waals surface area (Å²) in [4.78, 5) is 17.9. The lowest BCUT2D eigenvalue weighted by Crippen LogP contribution is -2.53. The van der Waals surface area contributed by atoms with Crippen molar-refractivity contribution in [1.82, 2.24) is 9.88 Å². The second-order valence-corrected chi connectivity index (χ2v) is 7.99. The summed E-state index contributed by atoms with van der Waals surface area (Å²) in [5, 5.41) is 21.3. The van der Waals surface area contributed by atoms with E-state index in [0.717, 1.165) is 32.4 Å². The van der Waals surface area contributed by atoms with E-state index in [0.29, 0.717) is 12.3 Å². The molecule has 2 fully saturated rings. The minimum Gasteiger partial charge on any atom is -0.481 e. The van der Waals surface area contributed by atoms with Gasteiger partial charge < -0.3 is 15.2 Å². The molecule has 2 aromatic rings. The van der Waals surface area contributed by atoms with Crippen molar-refractivity contribution in [2.24, 2.45) is 17.8 Å². The second kappa shape index (κ2) is 5.58. The van der Waals surface area contributed by atoms with Crippen LogP contribution >= 0.6 is 0 Å². The maximum atomic E-state index is 11.8. The monoisotopic (exact) mass is 340 g/mol. The van der Waals surface area contributed by atoms with Crippen molar-refractivity contribution in [3.05, 3.63) is 35.5 Å². The number of piperidine rings is 1. The Hall–Kier alpha value is -1.85. The topological polar surface area (TPSA) is 76.6 Å². The Labute approximate surface area is 146 Å². The standard InChI is InChI=1S/C20H24N2O3/c23-17-6-5-11-10-22-8-7-13-12-3-1-2-4-15(12)21-19(13)16(22)9-14(11)18(17)20(24)25/h1-4,11,14,16-18,21,23H,5-10H2,(H,24,25)/t11?,14?,16?,17-,18+/m1/s1. The normalized spacial score (nSPS) is 35.0. The van der Waals surface area contributed by atoms with E-state index >= 15 is 0 Å². The van der Waals surface area contributed by atoms with Crippen LogP contribution in [0.5, 0.6) is 0 Å². The minimum absolute atomic E-state index is 0.0693. The van der Waals surface area contributed by atoms with Crippen LogP contribution in [0.15, 0.2) is 24.3 Å². The highest BCUT2D eigenvalue weighted by molar-refractivity contribution is 5.85. The third-order valence-electron chi connectivity index (χ3n) is 6.83. The van der Waals surface area contributed by atoms with E-state index in [4.69, 9.17) is 0 Å². The number of carboxylic acid groups (broad SMARTS) is 1. The Kier molecular flexibility index (Phi) is 3.44. The number of aliphatic carboxylic acids is 1. The number of fused-ring (bicyclic) bond motifs is 6. The van der Waals surface area contributed by atoms with Gasteiger partial charge in [-0.2, -0.15) is 0 Å². The first-order chi connectivity index (χ1) is 12.1. The molecule has 0 amide bonds. The van der Waals surface area contributed by atoms with E-state index in [2.05, 4.69) is 34.1 Å². The predicted molar refractivity (Wildman–Crippen MR) is 94.3 cm³/mol. The van der Waals surface area contributed by atoms with Gasteiger partial charge in [0.2, 0.25) is 0 Å². The fraction of sp³-hybridized carbons (Fsp3) is 0.550. The molecule has 0 radical (unpaired) electrons. The maximum Gasteiger partial charge on any atom is 0.309 e. The lowest BCUT2D eigenvalue weighted by atomic mass is 9.65. The summed E-state index contributed by atoms with van der Waals surface area (Å²) < 4.78 is 0. The van der Waals surface area contributed by atoms with E-state index in [1.165, 1.54) is 22.2 Å². The Morgan fingerprint density at radius 2 is 2.08 bits per heavy atom. The summed E-state index contributed by atoms with van der Waals surface area (Å²) in [7, 11) is 0. The lowest BCUT2D eigenvalue weighted by Gasteiger charge is -2.50. The molecule has 1 saturated heterocycles. The largest absolute Gasteiger partial charge is 0.481 e. The van der Waals surface area contributed by atoms with Crippen LogP contribution < -0.4 is 0 Å². The Balaban J connectivity index is 1.54. The van der Waals surface area contributed by atoms with Gasteiger partial charge in [-0.25, -0.2) is 0 Å². The average molecular weight is 340 g/mol. The number of carboxylic acids is 1. The molecule has 1 aliphatic carbocycles. The molecular formula is C20H24N2O3. The van der Waals surface area contributed by atoms with Gasteiger partial charge in [0.25, 0.3) is 0 Å². The van der Waals surface area contributed by atoms with Crippen LogP contribution in [0, 0.1) is 17.8 Å². The summed E-state index contributed by atoms with van der Waals surface area (Å²) in [6, 6.07) is 8.68. The zero-order valence-electron chi connectivity index (χ0n) is 14.2. The molecule has 1 aromatic carbocycles. The van der Waals surface area contributed by atoms with Gasteiger partial charge in [0, 0.05) is 29.7 Å².